The number of piperidine rings is 2. The van der Waals surface area contributed by atoms with E-state index in [1.54, 1.807) is 31.4 Å². The first-order valence-electron chi connectivity index (χ1n) is 20.2. The smallest absolute Gasteiger partial charge is 0.328 e. The van der Waals surface area contributed by atoms with E-state index in [9.17, 15) is 19.2 Å². The van der Waals surface area contributed by atoms with Gasteiger partial charge in [-0.25, -0.2) is 9.78 Å². The summed E-state index contributed by atoms with van der Waals surface area (Å²) in [6.07, 6.45) is 11.2. The molecule has 5 amide bonds. The van der Waals surface area contributed by atoms with Crippen molar-refractivity contribution in [1.82, 2.24) is 29.9 Å². The number of hydrogen-bond acceptors (Lipinski definition) is 9. The number of likely N-dealkylation sites (tertiary alicyclic amines) is 2. The number of fused-ring (bicyclic) bond motifs is 1. The molecule has 57 heavy (non-hydrogen) atoms. The van der Waals surface area contributed by atoms with Crippen LogP contribution in [0.15, 0.2) is 54.7 Å². The van der Waals surface area contributed by atoms with Crippen molar-refractivity contribution < 1.29 is 28.7 Å². The number of nitrogens with one attached hydrogen (secondary N) is 2. The first-order valence-corrected chi connectivity index (χ1v) is 20.2. The first-order chi connectivity index (χ1) is 27.6. The molecular formula is C43H52N8O6. The summed E-state index contributed by atoms with van der Waals surface area (Å²) in [6, 6.07) is 14.2. The lowest BCUT2D eigenvalue weighted by Gasteiger charge is -2.47. The van der Waals surface area contributed by atoms with Gasteiger partial charge in [-0.2, -0.15) is 5.10 Å². The van der Waals surface area contributed by atoms with Crippen molar-refractivity contribution in [2.75, 3.05) is 63.7 Å². The maximum Gasteiger partial charge on any atom is 0.328 e. The van der Waals surface area contributed by atoms with Crippen LogP contribution in [-0.2, 0) is 4.79 Å². The third-order valence-corrected chi connectivity index (χ3v) is 12.7. The van der Waals surface area contributed by atoms with Crippen LogP contribution in [0.25, 0.3) is 10.9 Å². The Hall–Kier alpha value is -5.50. The topological polar surface area (TPSA) is 151 Å². The number of aryl methyl sites for hydroxylation is 1. The van der Waals surface area contributed by atoms with Crippen LogP contribution in [0.1, 0.15) is 90.4 Å². The highest BCUT2D eigenvalue weighted by atomic mass is 16.5. The molecule has 0 atom stereocenters. The number of carbonyl (C=O) groups is 4. The summed E-state index contributed by atoms with van der Waals surface area (Å²) in [7, 11) is 3.13. The van der Waals surface area contributed by atoms with E-state index in [1.807, 2.05) is 36.1 Å². The van der Waals surface area contributed by atoms with Crippen molar-refractivity contribution in [2.24, 2.45) is 11.3 Å². The Balaban J connectivity index is 0.808. The van der Waals surface area contributed by atoms with Gasteiger partial charge in [0.25, 0.3) is 11.8 Å². The molecule has 300 valence electrons. The van der Waals surface area contributed by atoms with E-state index < -0.39 is 6.03 Å². The number of ether oxygens (including phenoxy) is 2. The largest absolute Gasteiger partial charge is 0.495 e. The summed E-state index contributed by atoms with van der Waals surface area (Å²) >= 11 is 0. The Labute approximate surface area is 332 Å². The van der Waals surface area contributed by atoms with Gasteiger partial charge < -0.3 is 24.6 Å². The number of rotatable bonds is 9. The second kappa shape index (κ2) is 16.2. The Morgan fingerprint density at radius 1 is 0.895 bits per heavy atom. The lowest BCUT2D eigenvalue weighted by Crippen LogP contribution is -2.49. The molecule has 14 heteroatoms. The Morgan fingerprint density at radius 3 is 2.35 bits per heavy atom. The summed E-state index contributed by atoms with van der Waals surface area (Å²) in [5, 5.41) is 11.2. The number of pyridine rings is 1. The van der Waals surface area contributed by atoms with Crippen molar-refractivity contribution in [1.29, 1.82) is 0 Å². The molecule has 2 aromatic carbocycles. The summed E-state index contributed by atoms with van der Waals surface area (Å²) < 4.78 is 13.2. The van der Waals surface area contributed by atoms with Gasteiger partial charge in [-0.3, -0.25) is 29.3 Å². The first kappa shape index (κ1) is 38.4. The standard InChI is InChI=1S/C43H52N8O6/c1-28-5-4-6-33(44-28)40(53)45-35-23-31-27-51(47-34(31)25-38(35)57-3)32-11-18-48(19-12-32)26-29-9-14-43(15-10-29)16-21-49(22-17-43)41(54)30-7-8-37(56-2)36(24-30)50-20-13-39(52)46-42(50)55/h4-8,23-25,27,29,32H,9-22,26H2,1-3H3,(H,45,53)(H,46,52,55). The Morgan fingerprint density at radius 2 is 1.65 bits per heavy atom. The predicted molar refractivity (Wildman–Crippen MR) is 216 cm³/mol. The van der Waals surface area contributed by atoms with Crippen molar-refractivity contribution in [3.8, 4) is 11.5 Å². The minimum Gasteiger partial charge on any atom is -0.495 e. The number of carbonyl (C=O) groups excluding carboxylic acids is 4. The maximum atomic E-state index is 13.7. The zero-order valence-corrected chi connectivity index (χ0v) is 33.1. The van der Waals surface area contributed by atoms with Gasteiger partial charge in [0.2, 0.25) is 5.91 Å². The Kier molecular flexibility index (Phi) is 10.9. The number of hydrogen-bond donors (Lipinski definition) is 2. The van der Waals surface area contributed by atoms with Gasteiger partial charge in [-0.1, -0.05) is 6.07 Å². The van der Waals surface area contributed by atoms with Gasteiger partial charge in [0.1, 0.15) is 17.2 Å². The molecule has 1 saturated carbocycles. The van der Waals surface area contributed by atoms with Crippen molar-refractivity contribution in [3.63, 3.8) is 0 Å². The molecule has 4 fully saturated rings. The average Bonchev–Trinajstić information content (AvgIpc) is 3.64. The van der Waals surface area contributed by atoms with Gasteiger partial charge in [0.15, 0.2) is 0 Å². The third kappa shape index (κ3) is 8.18. The van der Waals surface area contributed by atoms with Crippen molar-refractivity contribution in [2.45, 2.75) is 70.8 Å². The molecule has 4 aromatic rings. The summed E-state index contributed by atoms with van der Waals surface area (Å²) in [6.45, 7) is 6.78. The summed E-state index contributed by atoms with van der Waals surface area (Å²) in [5.74, 6) is 1.11. The number of methoxy groups -OCH3 is 2. The van der Waals surface area contributed by atoms with Gasteiger partial charge in [0, 0.05) is 74.6 Å². The van der Waals surface area contributed by atoms with E-state index in [4.69, 9.17) is 14.6 Å². The van der Waals surface area contributed by atoms with Crippen LogP contribution in [0.5, 0.6) is 11.5 Å². The van der Waals surface area contributed by atoms with Crippen LogP contribution in [-0.4, -0.2) is 102 Å². The molecule has 14 nitrogen and oxygen atoms in total. The monoisotopic (exact) mass is 776 g/mol. The molecule has 0 bridgehead atoms. The van der Waals surface area contributed by atoms with E-state index in [1.165, 1.54) is 37.7 Å². The van der Waals surface area contributed by atoms with Crippen LogP contribution >= 0.6 is 0 Å². The van der Waals surface area contributed by atoms with Crippen molar-refractivity contribution in [3.05, 3.63) is 71.7 Å². The molecule has 1 aliphatic carbocycles. The molecule has 2 N–H and O–H groups in total. The minimum absolute atomic E-state index is 0.0350. The average molecular weight is 777 g/mol. The van der Waals surface area contributed by atoms with E-state index in [0.29, 0.717) is 51.5 Å². The third-order valence-electron chi connectivity index (χ3n) is 12.7. The molecule has 5 heterocycles. The number of aromatic nitrogens is 3. The van der Waals surface area contributed by atoms with Crippen LogP contribution in [0, 0.1) is 18.3 Å². The fraction of sp³-hybridized carbons (Fsp3) is 0.488. The van der Waals surface area contributed by atoms with E-state index in [0.717, 1.165) is 75.0 Å². The van der Waals surface area contributed by atoms with Crippen molar-refractivity contribution >= 4 is 46.0 Å². The van der Waals surface area contributed by atoms with Gasteiger partial charge >= 0.3 is 6.03 Å². The summed E-state index contributed by atoms with van der Waals surface area (Å²) in [4.78, 5) is 61.3. The predicted octanol–water partition coefficient (Wildman–Crippen LogP) is 6.21. The molecular weight excluding hydrogens is 725 g/mol. The number of urea groups is 1. The lowest BCUT2D eigenvalue weighted by molar-refractivity contribution is -0.120. The molecule has 2 aromatic heterocycles. The highest BCUT2D eigenvalue weighted by Crippen LogP contribution is 2.47. The normalized spacial score (nSPS) is 19.5. The van der Waals surface area contributed by atoms with Gasteiger partial charge in [0.05, 0.1) is 37.2 Å². The highest BCUT2D eigenvalue weighted by molar-refractivity contribution is 6.07. The lowest BCUT2D eigenvalue weighted by atomic mass is 9.65. The molecule has 0 radical (unpaired) electrons. The number of amides is 5. The molecule has 1 spiro atoms. The number of benzene rings is 2. The van der Waals surface area contributed by atoms with E-state index in [-0.39, 0.29) is 30.7 Å². The van der Waals surface area contributed by atoms with Crippen LogP contribution < -0.4 is 25.0 Å². The summed E-state index contributed by atoms with van der Waals surface area (Å²) in [5.41, 5.74) is 3.89. The zero-order chi connectivity index (χ0) is 39.7. The molecule has 0 unspecified atom stereocenters. The highest BCUT2D eigenvalue weighted by Gasteiger charge is 2.40. The van der Waals surface area contributed by atoms with Crippen LogP contribution in [0.2, 0.25) is 0 Å². The van der Waals surface area contributed by atoms with E-state index >= 15 is 0 Å². The maximum absolute atomic E-state index is 13.7. The van der Waals surface area contributed by atoms with Crippen LogP contribution in [0.4, 0.5) is 16.2 Å². The van der Waals surface area contributed by atoms with Gasteiger partial charge in [-0.15, -0.1) is 0 Å². The van der Waals surface area contributed by atoms with Gasteiger partial charge in [-0.05, 0) is 106 Å². The zero-order valence-electron chi connectivity index (χ0n) is 33.1. The van der Waals surface area contributed by atoms with Crippen LogP contribution in [0.3, 0.4) is 0 Å². The second-order valence-electron chi connectivity index (χ2n) is 16.2. The Bertz CT molecular complexity index is 2160. The fourth-order valence-corrected chi connectivity index (χ4v) is 9.28. The fourth-order valence-electron chi connectivity index (χ4n) is 9.28. The SMILES string of the molecule is COc1cc2nn(C3CCN(CC4CCC5(CC4)CCN(C(=O)c4ccc(OC)c(N6CCC(=O)NC6=O)c4)CC5)CC3)cc2cc1NC(=O)c1cccc(C)n1. The quantitative estimate of drug-likeness (QED) is 0.202. The van der Waals surface area contributed by atoms with E-state index in [2.05, 4.69) is 31.4 Å². The molecule has 4 aliphatic rings. The molecule has 3 aliphatic heterocycles. The second-order valence-corrected chi connectivity index (χ2v) is 16.2. The number of nitrogens with zero attached hydrogens (tertiary/aromatic N) is 6. The number of anilines is 2. The minimum atomic E-state index is -0.504. The number of imide groups is 1. The molecule has 3 saturated heterocycles. The molecule has 8 rings (SSSR count).